The van der Waals surface area contributed by atoms with Crippen molar-refractivity contribution in [3.8, 4) is 5.75 Å². The van der Waals surface area contributed by atoms with E-state index in [9.17, 15) is 14.4 Å². The summed E-state index contributed by atoms with van der Waals surface area (Å²) in [7, 11) is 0. The summed E-state index contributed by atoms with van der Waals surface area (Å²) in [6.07, 6.45) is -1.24. The lowest BCUT2D eigenvalue weighted by Gasteiger charge is -2.03. The second kappa shape index (κ2) is 6.29. The summed E-state index contributed by atoms with van der Waals surface area (Å²) in [4.78, 5) is 34.5. The molecule has 2 aromatic rings. The van der Waals surface area contributed by atoms with E-state index in [4.69, 9.17) is 4.74 Å². The molecule has 0 aliphatic carbocycles. The largest absolute Gasteiger partial charge is 0.522 e. The predicted octanol–water partition coefficient (Wildman–Crippen LogP) is 2.61. The van der Waals surface area contributed by atoms with Gasteiger partial charge in [-0.15, -0.1) is 0 Å². The minimum atomic E-state index is -1.28. The molecule has 0 fully saturated rings. The number of para-hydroxylation sites is 1. The van der Waals surface area contributed by atoms with Crippen LogP contribution in [0.3, 0.4) is 0 Å². The molecule has 0 saturated heterocycles. The highest BCUT2D eigenvalue weighted by molar-refractivity contribution is 6.41. The summed E-state index contributed by atoms with van der Waals surface area (Å²) in [6.45, 7) is 0. The Morgan fingerprint density at radius 3 is 1.90 bits per heavy atom. The molecule has 0 atom stereocenters. The molecule has 0 unspecified atom stereocenters. The maximum atomic E-state index is 11.7. The van der Waals surface area contributed by atoms with E-state index in [1.807, 2.05) is 0 Å². The van der Waals surface area contributed by atoms with Crippen molar-refractivity contribution in [2.75, 3.05) is 0 Å². The maximum absolute atomic E-state index is 11.7. The molecule has 0 heterocycles. The van der Waals surface area contributed by atoms with Crippen LogP contribution in [0, 0.1) is 0 Å². The van der Waals surface area contributed by atoms with Crippen molar-refractivity contribution in [1.82, 2.24) is 0 Å². The number of carbonyl (C=O) groups excluding carboxylic acids is 3. The van der Waals surface area contributed by atoms with Gasteiger partial charge in [0.05, 0.1) is 0 Å². The van der Waals surface area contributed by atoms with E-state index in [0.717, 1.165) is 0 Å². The van der Waals surface area contributed by atoms with E-state index in [0.29, 0.717) is 0 Å². The second-order valence-corrected chi connectivity index (χ2v) is 3.75. The maximum Gasteiger partial charge on any atom is 0.522 e. The first-order valence-corrected chi connectivity index (χ1v) is 5.75. The van der Waals surface area contributed by atoms with Crippen molar-refractivity contribution in [1.29, 1.82) is 0 Å². The van der Waals surface area contributed by atoms with Crippen LogP contribution in [0.4, 0.5) is 4.79 Å². The lowest BCUT2D eigenvalue weighted by atomic mass is 10.1. The van der Waals surface area contributed by atoms with E-state index in [1.165, 1.54) is 24.3 Å². The third-order valence-electron chi connectivity index (χ3n) is 2.34. The van der Waals surface area contributed by atoms with Crippen LogP contribution in [0.15, 0.2) is 60.7 Å². The third kappa shape index (κ3) is 3.52. The standard InChI is InChI=1S/C15H10O5/c16-13(11-7-3-1-4-8-11)14(17)20-15(18)19-12-9-5-2-6-10-12/h1-10H. The van der Waals surface area contributed by atoms with Gasteiger partial charge in [-0.25, -0.2) is 9.59 Å². The summed E-state index contributed by atoms with van der Waals surface area (Å²) < 4.78 is 9.06. The van der Waals surface area contributed by atoms with Gasteiger partial charge in [0.25, 0.3) is 5.78 Å². The fourth-order valence-corrected chi connectivity index (χ4v) is 1.44. The average molecular weight is 270 g/mol. The molecule has 5 heteroatoms. The Kier molecular flexibility index (Phi) is 4.24. The fraction of sp³-hybridized carbons (Fsp3) is 0. The molecule has 2 aromatic carbocycles. The van der Waals surface area contributed by atoms with Crippen molar-refractivity contribution in [2.45, 2.75) is 0 Å². The molecule has 0 radical (unpaired) electrons. The fourth-order valence-electron chi connectivity index (χ4n) is 1.44. The van der Waals surface area contributed by atoms with E-state index in [2.05, 4.69) is 4.74 Å². The second-order valence-electron chi connectivity index (χ2n) is 3.75. The molecule has 0 N–H and O–H groups in total. The molecule has 0 saturated carbocycles. The highest BCUT2D eigenvalue weighted by atomic mass is 16.7. The van der Waals surface area contributed by atoms with Gasteiger partial charge in [0, 0.05) is 5.56 Å². The average Bonchev–Trinajstić information content (AvgIpc) is 2.48. The number of hydrogen-bond donors (Lipinski definition) is 0. The van der Waals surface area contributed by atoms with Gasteiger partial charge in [-0.05, 0) is 12.1 Å². The molecule has 0 spiro atoms. The normalized spacial score (nSPS) is 9.60. The molecular weight excluding hydrogens is 260 g/mol. The van der Waals surface area contributed by atoms with Crippen molar-refractivity contribution in [3.63, 3.8) is 0 Å². The zero-order valence-corrected chi connectivity index (χ0v) is 10.3. The molecule has 100 valence electrons. The Hall–Kier alpha value is -2.95. The van der Waals surface area contributed by atoms with Crippen LogP contribution in [-0.2, 0) is 9.53 Å². The SMILES string of the molecule is O=C(OC(=O)C(=O)c1ccccc1)Oc1ccccc1. The van der Waals surface area contributed by atoms with Gasteiger partial charge < -0.3 is 9.47 Å². The van der Waals surface area contributed by atoms with Crippen LogP contribution < -0.4 is 4.74 Å². The van der Waals surface area contributed by atoms with Crippen LogP contribution in [0.1, 0.15) is 10.4 Å². The van der Waals surface area contributed by atoms with Crippen LogP contribution >= 0.6 is 0 Å². The van der Waals surface area contributed by atoms with Crippen LogP contribution in [-0.4, -0.2) is 17.9 Å². The van der Waals surface area contributed by atoms with Gasteiger partial charge in [0.2, 0.25) is 0 Å². The number of benzene rings is 2. The van der Waals surface area contributed by atoms with Gasteiger partial charge in [-0.2, -0.15) is 0 Å². The van der Waals surface area contributed by atoms with Crippen LogP contribution in [0.25, 0.3) is 0 Å². The summed E-state index contributed by atoms with van der Waals surface area (Å²) in [5.41, 5.74) is 0.144. The Labute approximate surface area is 114 Å². The Balaban J connectivity index is 1.95. The molecule has 0 bridgehead atoms. The topological polar surface area (TPSA) is 69.7 Å². The summed E-state index contributed by atoms with van der Waals surface area (Å²) in [5.74, 6) is -1.97. The number of ketones is 1. The first-order chi connectivity index (χ1) is 9.66. The predicted molar refractivity (Wildman–Crippen MR) is 69.3 cm³/mol. The molecule has 20 heavy (non-hydrogen) atoms. The zero-order valence-electron chi connectivity index (χ0n) is 10.3. The van der Waals surface area contributed by atoms with Gasteiger partial charge in [-0.3, -0.25) is 4.79 Å². The quantitative estimate of drug-likeness (QED) is 0.282. The minimum absolute atomic E-state index is 0.144. The first kappa shape index (κ1) is 13.5. The Morgan fingerprint density at radius 1 is 0.750 bits per heavy atom. The van der Waals surface area contributed by atoms with Gasteiger partial charge >= 0.3 is 12.1 Å². The number of ether oxygens (including phenoxy) is 2. The van der Waals surface area contributed by atoms with Crippen molar-refractivity contribution < 1.29 is 23.9 Å². The molecule has 0 aliphatic heterocycles. The van der Waals surface area contributed by atoms with Gasteiger partial charge in [-0.1, -0.05) is 48.5 Å². The van der Waals surface area contributed by atoms with Gasteiger partial charge in [0.1, 0.15) is 5.75 Å². The molecule has 0 aromatic heterocycles. The third-order valence-corrected chi connectivity index (χ3v) is 2.34. The van der Waals surface area contributed by atoms with E-state index in [-0.39, 0.29) is 11.3 Å². The van der Waals surface area contributed by atoms with E-state index < -0.39 is 17.9 Å². The number of rotatable bonds is 3. The highest BCUT2D eigenvalue weighted by Gasteiger charge is 2.22. The van der Waals surface area contributed by atoms with Crippen molar-refractivity contribution in [3.05, 3.63) is 66.2 Å². The van der Waals surface area contributed by atoms with Crippen molar-refractivity contribution in [2.24, 2.45) is 0 Å². The smallest absolute Gasteiger partial charge is 0.395 e. The molecule has 5 nitrogen and oxygen atoms in total. The highest BCUT2D eigenvalue weighted by Crippen LogP contribution is 2.09. The number of Topliss-reactive ketones (excluding diaryl/α,β-unsaturated/α-hetero) is 1. The molecule has 0 aliphatic rings. The minimum Gasteiger partial charge on any atom is -0.395 e. The van der Waals surface area contributed by atoms with Crippen LogP contribution in [0.2, 0.25) is 0 Å². The zero-order chi connectivity index (χ0) is 14.4. The van der Waals surface area contributed by atoms with E-state index >= 15 is 0 Å². The number of esters is 1. The van der Waals surface area contributed by atoms with Gasteiger partial charge in [0.15, 0.2) is 0 Å². The van der Waals surface area contributed by atoms with Crippen molar-refractivity contribution >= 4 is 17.9 Å². The monoisotopic (exact) mass is 270 g/mol. The lowest BCUT2D eigenvalue weighted by Crippen LogP contribution is -2.23. The number of hydrogen-bond acceptors (Lipinski definition) is 5. The summed E-state index contributed by atoms with van der Waals surface area (Å²) in [6, 6.07) is 15.9. The number of carbonyl (C=O) groups is 3. The molecular formula is C15H10O5. The Bertz CT molecular complexity index is 619. The lowest BCUT2D eigenvalue weighted by molar-refractivity contribution is -0.133. The summed E-state index contributed by atoms with van der Waals surface area (Å²) in [5, 5.41) is 0. The molecule has 2 rings (SSSR count). The summed E-state index contributed by atoms with van der Waals surface area (Å²) >= 11 is 0. The Morgan fingerprint density at radius 2 is 1.30 bits per heavy atom. The molecule has 0 amide bonds. The first-order valence-electron chi connectivity index (χ1n) is 5.75. The van der Waals surface area contributed by atoms with Crippen LogP contribution in [0.5, 0.6) is 5.75 Å². The van der Waals surface area contributed by atoms with E-state index in [1.54, 1.807) is 36.4 Å².